The number of nitrogens with zero attached hydrogens (tertiary/aromatic N) is 1. The maximum absolute atomic E-state index is 5.70. The molecule has 94 valence electrons. The maximum atomic E-state index is 5.70. The zero-order chi connectivity index (χ0) is 12.6. The van der Waals surface area contributed by atoms with Crippen molar-refractivity contribution >= 4 is 11.4 Å². The molecule has 0 atom stereocenters. The van der Waals surface area contributed by atoms with Crippen LogP contribution in [0.25, 0.3) is 0 Å². The van der Waals surface area contributed by atoms with E-state index in [0.717, 1.165) is 17.8 Å². The molecule has 2 rings (SSSR count). The van der Waals surface area contributed by atoms with E-state index in [1.54, 1.807) is 5.17 Å². The van der Waals surface area contributed by atoms with Crippen LogP contribution in [0.4, 0.5) is 11.4 Å². The Morgan fingerprint density at radius 1 is 0.944 bits per heavy atom. The van der Waals surface area contributed by atoms with Crippen LogP contribution in [0.1, 0.15) is 13.3 Å². The third-order valence-electron chi connectivity index (χ3n) is 2.42. The van der Waals surface area contributed by atoms with Gasteiger partial charge in [-0.2, -0.15) is 5.17 Å². The molecule has 0 unspecified atom stereocenters. The van der Waals surface area contributed by atoms with Gasteiger partial charge >= 0.3 is 0 Å². The molecule has 1 N–H and O–H groups in total. The lowest BCUT2D eigenvalue weighted by Gasteiger charge is -2.25. The second-order valence-electron chi connectivity index (χ2n) is 3.94. The van der Waals surface area contributed by atoms with Crippen molar-refractivity contribution in [3.63, 3.8) is 0 Å². The first kappa shape index (κ1) is 12.5. The molecule has 3 nitrogen and oxygen atoms in total. The van der Waals surface area contributed by atoms with E-state index in [1.807, 2.05) is 60.7 Å². The average molecular weight is 242 g/mol. The molecular formula is C15H18N2O. The van der Waals surface area contributed by atoms with Crippen molar-refractivity contribution in [1.29, 1.82) is 0 Å². The number of anilines is 2. The molecule has 0 aliphatic carbocycles. The van der Waals surface area contributed by atoms with Crippen molar-refractivity contribution in [3.05, 3.63) is 60.7 Å². The van der Waals surface area contributed by atoms with Crippen LogP contribution in [-0.4, -0.2) is 6.61 Å². The zero-order valence-corrected chi connectivity index (χ0v) is 10.5. The number of hydrogen-bond acceptors (Lipinski definition) is 3. The molecule has 0 aromatic heterocycles. The van der Waals surface area contributed by atoms with Crippen molar-refractivity contribution in [1.82, 2.24) is 0 Å². The van der Waals surface area contributed by atoms with Crippen LogP contribution >= 0.6 is 0 Å². The summed E-state index contributed by atoms with van der Waals surface area (Å²) in [4.78, 5) is 5.70. The van der Waals surface area contributed by atoms with Gasteiger partial charge in [-0.25, -0.2) is 0 Å². The molecule has 0 amide bonds. The van der Waals surface area contributed by atoms with Gasteiger partial charge in [0.15, 0.2) is 0 Å². The first-order valence-corrected chi connectivity index (χ1v) is 6.20. The summed E-state index contributed by atoms with van der Waals surface area (Å²) in [7, 11) is 0. The van der Waals surface area contributed by atoms with E-state index >= 15 is 0 Å². The molecule has 2 aromatic carbocycles. The molecule has 0 bridgehead atoms. The number of para-hydroxylation sites is 2. The van der Waals surface area contributed by atoms with Crippen molar-refractivity contribution in [3.8, 4) is 0 Å². The Morgan fingerprint density at radius 2 is 1.56 bits per heavy atom. The highest BCUT2D eigenvalue weighted by Gasteiger charge is 2.05. The lowest BCUT2D eigenvalue weighted by atomic mass is 10.3. The molecule has 2 aromatic rings. The summed E-state index contributed by atoms with van der Waals surface area (Å²) in [6, 6.07) is 20.0. The molecule has 0 spiro atoms. The van der Waals surface area contributed by atoms with Gasteiger partial charge in [-0.15, -0.1) is 0 Å². The van der Waals surface area contributed by atoms with Gasteiger partial charge < -0.3 is 0 Å². The molecule has 0 heterocycles. The topological polar surface area (TPSA) is 24.5 Å². The normalized spacial score (nSPS) is 10.1. The molecular weight excluding hydrogens is 224 g/mol. The number of hydrogen-bond donors (Lipinski definition) is 1. The molecule has 18 heavy (non-hydrogen) atoms. The Hall–Kier alpha value is -2.00. The largest absolute Gasteiger partial charge is 0.274 e. The van der Waals surface area contributed by atoms with Crippen LogP contribution in [0.2, 0.25) is 0 Å². The lowest BCUT2D eigenvalue weighted by Crippen LogP contribution is -2.30. The summed E-state index contributed by atoms with van der Waals surface area (Å²) in [5.41, 5.74) is 5.22. The Kier molecular flexibility index (Phi) is 4.61. The molecule has 0 aliphatic rings. The third-order valence-corrected chi connectivity index (χ3v) is 2.42. The van der Waals surface area contributed by atoms with Crippen molar-refractivity contribution in [2.24, 2.45) is 0 Å². The Labute approximate surface area is 108 Å². The first-order chi connectivity index (χ1) is 8.90. The fraction of sp³-hybridized carbons (Fsp3) is 0.200. The van der Waals surface area contributed by atoms with Crippen molar-refractivity contribution in [2.45, 2.75) is 13.3 Å². The second-order valence-corrected chi connectivity index (χ2v) is 3.94. The quantitative estimate of drug-likeness (QED) is 0.778. The van der Waals surface area contributed by atoms with Crippen LogP contribution in [0.3, 0.4) is 0 Å². The highest BCUT2D eigenvalue weighted by molar-refractivity contribution is 5.52. The summed E-state index contributed by atoms with van der Waals surface area (Å²) in [5, 5.41) is 1.71. The number of hydrazine groups is 1. The Bertz CT molecular complexity index is 445. The van der Waals surface area contributed by atoms with Crippen molar-refractivity contribution < 1.29 is 4.84 Å². The van der Waals surface area contributed by atoms with E-state index in [0.29, 0.717) is 6.61 Å². The van der Waals surface area contributed by atoms with Gasteiger partial charge in [-0.05, 0) is 30.7 Å². The SMILES string of the molecule is CCCON(Nc1ccccc1)c1ccccc1. The van der Waals surface area contributed by atoms with Crippen LogP contribution in [0.5, 0.6) is 0 Å². The highest BCUT2D eigenvalue weighted by atomic mass is 16.7. The van der Waals surface area contributed by atoms with E-state index in [-0.39, 0.29) is 0 Å². The van der Waals surface area contributed by atoms with Crippen LogP contribution in [0.15, 0.2) is 60.7 Å². The van der Waals surface area contributed by atoms with Gasteiger partial charge in [0.1, 0.15) is 0 Å². The van der Waals surface area contributed by atoms with Crippen LogP contribution in [-0.2, 0) is 4.84 Å². The van der Waals surface area contributed by atoms with E-state index in [4.69, 9.17) is 4.84 Å². The highest BCUT2D eigenvalue weighted by Crippen LogP contribution is 2.16. The van der Waals surface area contributed by atoms with E-state index in [1.165, 1.54) is 0 Å². The summed E-state index contributed by atoms with van der Waals surface area (Å²) in [6.07, 6.45) is 0.972. The van der Waals surface area contributed by atoms with Crippen molar-refractivity contribution in [2.75, 3.05) is 17.2 Å². The number of nitrogens with one attached hydrogen (secondary N) is 1. The van der Waals surface area contributed by atoms with Crippen LogP contribution in [0, 0.1) is 0 Å². The molecule has 0 saturated carbocycles. The average Bonchev–Trinajstić information content (AvgIpc) is 2.45. The lowest BCUT2D eigenvalue weighted by molar-refractivity contribution is 0.121. The Morgan fingerprint density at radius 3 is 2.17 bits per heavy atom. The summed E-state index contributed by atoms with van der Waals surface area (Å²) < 4.78 is 0. The summed E-state index contributed by atoms with van der Waals surface area (Å²) >= 11 is 0. The fourth-order valence-electron chi connectivity index (χ4n) is 1.55. The van der Waals surface area contributed by atoms with Gasteiger partial charge in [0.25, 0.3) is 0 Å². The van der Waals surface area contributed by atoms with Gasteiger partial charge in [0, 0.05) is 0 Å². The van der Waals surface area contributed by atoms with Gasteiger partial charge in [-0.3, -0.25) is 10.3 Å². The second kappa shape index (κ2) is 6.67. The number of rotatable bonds is 6. The fourth-order valence-corrected chi connectivity index (χ4v) is 1.55. The Balaban J connectivity index is 2.10. The monoisotopic (exact) mass is 242 g/mol. The zero-order valence-electron chi connectivity index (χ0n) is 10.5. The molecule has 0 fully saturated rings. The summed E-state index contributed by atoms with van der Waals surface area (Å²) in [5.74, 6) is 0. The molecule has 0 aliphatic heterocycles. The van der Waals surface area contributed by atoms with E-state index < -0.39 is 0 Å². The summed E-state index contributed by atoms with van der Waals surface area (Å²) in [6.45, 7) is 2.76. The first-order valence-electron chi connectivity index (χ1n) is 6.20. The molecule has 3 heteroatoms. The minimum Gasteiger partial charge on any atom is -0.274 e. The van der Waals surface area contributed by atoms with Crippen LogP contribution < -0.4 is 10.6 Å². The predicted octanol–water partition coefficient (Wildman–Crippen LogP) is 3.86. The van der Waals surface area contributed by atoms with E-state index in [2.05, 4.69) is 12.3 Å². The van der Waals surface area contributed by atoms with E-state index in [9.17, 15) is 0 Å². The minimum atomic E-state index is 0.675. The van der Waals surface area contributed by atoms with Gasteiger partial charge in [0.2, 0.25) is 0 Å². The maximum Gasteiger partial charge on any atom is 0.0878 e. The molecule has 0 radical (unpaired) electrons. The smallest absolute Gasteiger partial charge is 0.0878 e. The van der Waals surface area contributed by atoms with Gasteiger partial charge in [0.05, 0.1) is 18.0 Å². The molecule has 0 saturated heterocycles. The number of benzene rings is 2. The minimum absolute atomic E-state index is 0.675. The third kappa shape index (κ3) is 3.50. The predicted molar refractivity (Wildman–Crippen MR) is 75.2 cm³/mol. The standard InChI is InChI=1S/C15H18N2O/c1-2-13-18-17(15-11-7-4-8-12-15)16-14-9-5-3-6-10-14/h3-12,16H,2,13H2,1H3. The van der Waals surface area contributed by atoms with Gasteiger partial charge in [-0.1, -0.05) is 43.3 Å².